The van der Waals surface area contributed by atoms with E-state index in [9.17, 15) is 9.59 Å². The average molecular weight is 215 g/mol. The van der Waals surface area contributed by atoms with Crippen molar-refractivity contribution in [3.05, 3.63) is 11.1 Å². The van der Waals surface area contributed by atoms with Crippen LogP contribution in [0.25, 0.3) is 0 Å². The predicted octanol–water partition coefficient (Wildman–Crippen LogP) is 1.25. The summed E-state index contributed by atoms with van der Waals surface area (Å²) in [5.41, 5.74) is 0.160. The molecule has 14 heavy (non-hydrogen) atoms. The van der Waals surface area contributed by atoms with E-state index < -0.39 is 11.9 Å². The van der Waals surface area contributed by atoms with Gasteiger partial charge in [-0.05, 0) is 6.92 Å². The summed E-state index contributed by atoms with van der Waals surface area (Å²) in [6.45, 7) is 3.27. The van der Waals surface area contributed by atoms with Crippen molar-refractivity contribution in [3.8, 4) is 5.19 Å². The van der Waals surface area contributed by atoms with Gasteiger partial charge in [0.2, 0.25) is 0 Å². The van der Waals surface area contributed by atoms with Crippen LogP contribution in [0.5, 0.6) is 5.19 Å². The Morgan fingerprint density at radius 1 is 1.57 bits per heavy atom. The van der Waals surface area contributed by atoms with Crippen molar-refractivity contribution in [2.75, 3.05) is 6.61 Å². The summed E-state index contributed by atoms with van der Waals surface area (Å²) in [6.07, 6.45) is 0. The van der Waals surface area contributed by atoms with Gasteiger partial charge in [0, 0.05) is 12.3 Å². The molecular formula is C8H9NO4S. The number of ether oxygens (including phenoxy) is 2. The van der Waals surface area contributed by atoms with Crippen LogP contribution in [-0.4, -0.2) is 23.5 Å². The number of carbonyl (C=O) groups is 2. The molecule has 0 aliphatic rings. The van der Waals surface area contributed by atoms with Crippen LogP contribution in [0.4, 0.5) is 0 Å². The minimum atomic E-state index is -0.512. The lowest BCUT2D eigenvalue weighted by Gasteiger charge is -1.96. The van der Waals surface area contributed by atoms with Crippen LogP contribution in [0.15, 0.2) is 5.38 Å². The fourth-order valence-electron chi connectivity index (χ4n) is 0.726. The van der Waals surface area contributed by atoms with Gasteiger partial charge in [-0.25, -0.2) is 4.79 Å². The molecule has 0 radical (unpaired) electrons. The largest absolute Gasteiger partial charge is 0.461 e. The van der Waals surface area contributed by atoms with E-state index in [1.165, 1.54) is 12.3 Å². The quantitative estimate of drug-likeness (QED) is 0.710. The van der Waals surface area contributed by atoms with Gasteiger partial charge in [0.05, 0.1) is 6.61 Å². The van der Waals surface area contributed by atoms with E-state index in [2.05, 4.69) is 9.72 Å². The number of carbonyl (C=O) groups excluding carboxylic acids is 2. The summed E-state index contributed by atoms with van der Waals surface area (Å²) < 4.78 is 9.39. The Labute approximate surface area is 84.7 Å². The summed E-state index contributed by atoms with van der Waals surface area (Å²) >= 11 is 1.08. The first-order valence-electron chi connectivity index (χ1n) is 3.94. The molecule has 0 saturated heterocycles. The highest BCUT2D eigenvalue weighted by Crippen LogP contribution is 2.18. The van der Waals surface area contributed by atoms with Crippen LogP contribution in [0.1, 0.15) is 24.3 Å². The zero-order chi connectivity index (χ0) is 10.6. The Morgan fingerprint density at radius 3 is 2.86 bits per heavy atom. The Morgan fingerprint density at radius 2 is 2.29 bits per heavy atom. The van der Waals surface area contributed by atoms with E-state index in [0.717, 1.165) is 11.3 Å². The SMILES string of the molecule is CCOC(=O)c1csc(OC(C)=O)n1. The van der Waals surface area contributed by atoms with Gasteiger partial charge in [-0.2, -0.15) is 4.98 Å². The molecular weight excluding hydrogens is 206 g/mol. The fourth-order valence-corrected chi connectivity index (χ4v) is 1.40. The van der Waals surface area contributed by atoms with Crippen molar-refractivity contribution in [2.24, 2.45) is 0 Å². The zero-order valence-electron chi connectivity index (χ0n) is 7.77. The lowest BCUT2D eigenvalue weighted by atomic mass is 10.5. The van der Waals surface area contributed by atoms with Crippen molar-refractivity contribution < 1.29 is 19.1 Å². The van der Waals surface area contributed by atoms with Crippen molar-refractivity contribution in [1.82, 2.24) is 4.98 Å². The third kappa shape index (κ3) is 2.81. The van der Waals surface area contributed by atoms with Crippen LogP contribution < -0.4 is 4.74 Å². The molecule has 0 bridgehead atoms. The van der Waals surface area contributed by atoms with Gasteiger partial charge < -0.3 is 9.47 Å². The highest BCUT2D eigenvalue weighted by Gasteiger charge is 2.12. The van der Waals surface area contributed by atoms with Crippen LogP contribution in [-0.2, 0) is 9.53 Å². The van der Waals surface area contributed by atoms with E-state index in [1.54, 1.807) is 6.92 Å². The molecule has 0 fully saturated rings. The molecule has 1 aromatic rings. The second kappa shape index (κ2) is 4.71. The number of thiazole rings is 1. The number of rotatable bonds is 3. The smallest absolute Gasteiger partial charge is 0.357 e. The van der Waals surface area contributed by atoms with Gasteiger partial charge in [0.15, 0.2) is 5.69 Å². The van der Waals surface area contributed by atoms with Gasteiger partial charge in [0.25, 0.3) is 5.19 Å². The van der Waals surface area contributed by atoms with E-state index in [0.29, 0.717) is 6.61 Å². The Bertz CT molecular complexity index is 347. The summed E-state index contributed by atoms with van der Waals surface area (Å²) in [5, 5.41) is 1.64. The normalized spacial score (nSPS) is 9.57. The van der Waals surface area contributed by atoms with E-state index in [1.807, 2.05) is 0 Å². The minimum Gasteiger partial charge on any atom is -0.461 e. The maximum absolute atomic E-state index is 11.1. The molecule has 0 unspecified atom stereocenters. The number of nitrogens with zero attached hydrogens (tertiary/aromatic N) is 1. The lowest BCUT2D eigenvalue weighted by molar-refractivity contribution is -0.131. The highest BCUT2D eigenvalue weighted by molar-refractivity contribution is 7.11. The van der Waals surface area contributed by atoms with Crippen LogP contribution in [0, 0.1) is 0 Å². The lowest BCUT2D eigenvalue weighted by Crippen LogP contribution is -2.06. The van der Waals surface area contributed by atoms with Gasteiger partial charge in [0.1, 0.15) is 0 Å². The maximum Gasteiger partial charge on any atom is 0.357 e. The number of hydrogen-bond donors (Lipinski definition) is 0. The average Bonchev–Trinajstić information content (AvgIpc) is 2.52. The molecule has 0 aromatic carbocycles. The van der Waals surface area contributed by atoms with Crippen LogP contribution >= 0.6 is 11.3 Å². The molecule has 0 N–H and O–H groups in total. The van der Waals surface area contributed by atoms with Crippen molar-refractivity contribution in [2.45, 2.75) is 13.8 Å². The Balaban J connectivity index is 2.67. The molecule has 0 aliphatic heterocycles. The Hall–Kier alpha value is -1.43. The molecule has 0 aliphatic carbocycles. The minimum absolute atomic E-state index is 0.153. The fraction of sp³-hybridized carbons (Fsp3) is 0.375. The highest BCUT2D eigenvalue weighted by atomic mass is 32.1. The zero-order valence-corrected chi connectivity index (χ0v) is 8.59. The molecule has 6 heteroatoms. The number of aromatic nitrogens is 1. The van der Waals surface area contributed by atoms with Crippen molar-refractivity contribution >= 4 is 23.3 Å². The molecule has 0 spiro atoms. The monoisotopic (exact) mass is 215 g/mol. The molecule has 5 nitrogen and oxygen atoms in total. The standard InChI is InChI=1S/C8H9NO4S/c1-3-12-7(11)6-4-14-8(9-6)13-5(2)10/h4H,3H2,1-2H3. The number of hydrogen-bond acceptors (Lipinski definition) is 6. The van der Waals surface area contributed by atoms with Gasteiger partial charge >= 0.3 is 11.9 Å². The molecule has 76 valence electrons. The van der Waals surface area contributed by atoms with Crippen molar-refractivity contribution in [3.63, 3.8) is 0 Å². The van der Waals surface area contributed by atoms with Gasteiger partial charge in [-0.15, -0.1) is 0 Å². The van der Waals surface area contributed by atoms with Crippen LogP contribution in [0.2, 0.25) is 0 Å². The molecule has 0 atom stereocenters. The molecule has 0 amide bonds. The topological polar surface area (TPSA) is 65.5 Å². The van der Waals surface area contributed by atoms with Crippen molar-refractivity contribution in [1.29, 1.82) is 0 Å². The third-order valence-electron chi connectivity index (χ3n) is 1.20. The summed E-state index contributed by atoms with van der Waals surface area (Å²) in [5.74, 6) is -0.975. The van der Waals surface area contributed by atoms with Crippen LogP contribution in [0.3, 0.4) is 0 Å². The van der Waals surface area contributed by atoms with E-state index >= 15 is 0 Å². The second-order valence-corrected chi connectivity index (χ2v) is 3.13. The third-order valence-corrected chi connectivity index (χ3v) is 1.92. The van der Waals surface area contributed by atoms with E-state index in [4.69, 9.17) is 4.74 Å². The van der Waals surface area contributed by atoms with Gasteiger partial charge in [-0.3, -0.25) is 4.79 Å². The predicted molar refractivity (Wildman–Crippen MR) is 49.4 cm³/mol. The molecule has 0 saturated carbocycles. The summed E-state index contributed by atoms with van der Waals surface area (Å²) in [6, 6.07) is 0. The summed E-state index contributed by atoms with van der Waals surface area (Å²) in [7, 11) is 0. The maximum atomic E-state index is 11.1. The van der Waals surface area contributed by atoms with Gasteiger partial charge in [-0.1, -0.05) is 11.3 Å². The first-order valence-corrected chi connectivity index (χ1v) is 4.82. The summed E-state index contributed by atoms with van der Waals surface area (Å²) in [4.78, 5) is 25.4. The molecule has 1 heterocycles. The first-order chi connectivity index (χ1) is 6.63. The second-order valence-electron chi connectivity index (χ2n) is 2.31. The Kier molecular flexibility index (Phi) is 3.58. The first kappa shape index (κ1) is 10.6. The van der Waals surface area contributed by atoms with E-state index in [-0.39, 0.29) is 10.9 Å². The number of esters is 2. The molecule has 1 aromatic heterocycles. The molecule has 1 rings (SSSR count).